The van der Waals surface area contributed by atoms with Crippen LogP contribution in [0, 0.1) is 6.92 Å². The lowest BCUT2D eigenvalue weighted by atomic mass is 10.1. The van der Waals surface area contributed by atoms with Crippen molar-refractivity contribution in [2.75, 3.05) is 31.2 Å². The lowest BCUT2D eigenvalue weighted by molar-refractivity contribution is -0.144. The molecule has 6 nitrogen and oxygen atoms in total. The summed E-state index contributed by atoms with van der Waals surface area (Å²) < 4.78 is 16.7. The summed E-state index contributed by atoms with van der Waals surface area (Å²) >= 11 is 0. The topological polar surface area (TPSA) is 60.9 Å². The van der Waals surface area contributed by atoms with Crippen molar-refractivity contribution in [2.24, 2.45) is 0 Å². The maximum atomic E-state index is 11.6. The molecule has 0 unspecified atom stereocenters. The summed E-state index contributed by atoms with van der Waals surface area (Å²) in [7, 11) is 0. The minimum Gasteiger partial charge on any atom is -0.487 e. The van der Waals surface area contributed by atoms with Gasteiger partial charge in [0.2, 0.25) is 0 Å². The summed E-state index contributed by atoms with van der Waals surface area (Å²) in [6.45, 7) is 6.95. The van der Waals surface area contributed by atoms with E-state index < -0.39 is 0 Å². The minimum absolute atomic E-state index is 0.00953. The van der Waals surface area contributed by atoms with Crippen LogP contribution in [0.5, 0.6) is 5.75 Å². The van der Waals surface area contributed by atoms with Crippen LogP contribution < -0.4 is 9.64 Å². The first-order valence-corrected chi connectivity index (χ1v) is 9.79. The summed E-state index contributed by atoms with van der Waals surface area (Å²) in [4.78, 5) is 18.1. The zero-order valence-electron chi connectivity index (χ0n) is 16.6. The number of anilines is 1. The van der Waals surface area contributed by atoms with Gasteiger partial charge < -0.3 is 19.1 Å². The van der Waals surface area contributed by atoms with Crippen LogP contribution in [-0.2, 0) is 20.9 Å². The van der Waals surface area contributed by atoms with Gasteiger partial charge in [-0.25, -0.2) is 0 Å². The SMILES string of the molecule is CCOC(=O)CC[C@H]1CN(c2cncc(OCc3ccc(C)cc3)c2)CCO1. The number of rotatable bonds is 8. The number of aryl methyl sites for hydroxylation is 1. The van der Waals surface area contributed by atoms with Crippen LogP contribution in [0.15, 0.2) is 42.7 Å². The molecule has 0 saturated carbocycles. The van der Waals surface area contributed by atoms with Crippen LogP contribution in [0.1, 0.15) is 30.9 Å². The molecule has 0 N–H and O–H groups in total. The molecule has 0 bridgehead atoms. The van der Waals surface area contributed by atoms with Gasteiger partial charge in [0.05, 0.1) is 37.4 Å². The molecule has 6 heteroatoms. The molecule has 1 aromatic carbocycles. The number of ether oxygens (including phenoxy) is 3. The van der Waals surface area contributed by atoms with E-state index in [1.165, 1.54) is 5.56 Å². The number of hydrogen-bond donors (Lipinski definition) is 0. The van der Waals surface area contributed by atoms with Crippen molar-refractivity contribution < 1.29 is 19.0 Å². The normalized spacial score (nSPS) is 16.6. The second-order valence-electron chi connectivity index (χ2n) is 6.94. The molecule has 150 valence electrons. The lowest BCUT2D eigenvalue weighted by Gasteiger charge is -2.34. The Morgan fingerprint density at radius 2 is 2.11 bits per heavy atom. The van der Waals surface area contributed by atoms with Crippen molar-refractivity contribution in [3.8, 4) is 5.75 Å². The summed E-state index contributed by atoms with van der Waals surface area (Å²) in [5, 5.41) is 0. The van der Waals surface area contributed by atoms with E-state index in [0.717, 1.165) is 30.1 Å². The van der Waals surface area contributed by atoms with Crippen LogP contribution in [0.25, 0.3) is 0 Å². The molecule has 1 fully saturated rings. The van der Waals surface area contributed by atoms with Gasteiger partial charge >= 0.3 is 5.97 Å². The molecule has 1 aromatic heterocycles. The largest absolute Gasteiger partial charge is 0.487 e. The first-order chi connectivity index (χ1) is 13.6. The van der Waals surface area contributed by atoms with E-state index in [2.05, 4.69) is 41.1 Å². The number of nitrogens with zero attached hydrogens (tertiary/aromatic N) is 2. The van der Waals surface area contributed by atoms with E-state index in [0.29, 0.717) is 32.7 Å². The number of hydrogen-bond acceptors (Lipinski definition) is 6. The Balaban J connectivity index is 1.55. The number of carbonyl (C=O) groups is 1. The average molecular weight is 384 g/mol. The quantitative estimate of drug-likeness (QED) is 0.649. The molecule has 0 radical (unpaired) electrons. The fourth-order valence-corrected chi connectivity index (χ4v) is 3.15. The molecule has 1 aliphatic heterocycles. The van der Waals surface area contributed by atoms with Crippen molar-refractivity contribution in [1.82, 2.24) is 4.98 Å². The fraction of sp³-hybridized carbons (Fsp3) is 0.455. The van der Waals surface area contributed by atoms with Crippen molar-refractivity contribution in [1.29, 1.82) is 0 Å². The van der Waals surface area contributed by atoms with Gasteiger partial charge in [0.15, 0.2) is 0 Å². The molecule has 1 atom stereocenters. The molecule has 1 aliphatic rings. The summed E-state index contributed by atoms with van der Waals surface area (Å²) in [5.41, 5.74) is 3.37. The monoisotopic (exact) mass is 384 g/mol. The van der Waals surface area contributed by atoms with E-state index >= 15 is 0 Å². The molecule has 2 heterocycles. The smallest absolute Gasteiger partial charge is 0.305 e. The van der Waals surface area contributed by atoms with Crippen molar-refractivity contribution in [2.45, 2.75) is 39.4 Å². The minimum atomic E-state index is -0.170. The third-order valence-corrected chi connectivity index (χ3v) is 4.70. The highest BCUT2D eigenvalue weighted by Gasteiger charge is 2.22. The molecule has 0 aliphatic carbocycles. The Hall–Kier alpha value is -2.60. The van der Waals surface area contributed by atoms with Gasteiger partial charge in [0.25, 0.3) is 0 Å². The van der Waals surface area contributed by atoms with Gasteiger partial charge in [0, 0.05) is 25.6 Å². The van der Waals surface area contributed by atoms with Gasteiger partial charge in [-0.15, -0.1) is 0 Å². The number of carbonyl (C=O) groups excluding carboxylic acids is 1. The molecular weight excluding hydrogens is 356 g/mol. The zero-order chi connectivity index (χ0) is 19.8. The highest BCUT2D eigenvalue weighted by atomic mass is 16.5. The third kappa shape index (κ3) is 5.96. The summed E-state index contributed by atoms with van der Waals surface area (Å²) in [6, 6.07) is 10.3. The van der Waals surface area contributed by atoms with Crippen molar-refractivity contribution in [3.05, 3.63) is 53.9 Å². The Labute approximate surface area is 166 Å². The maximum absolute atomic E-state index is 11.6. The van der Waals surface area contributed by atoms with E-state index in [9.17, 15) is 4.79 Å². The van der Waals surface area contributed by atoms with E-state index in [1.54, 1.807) is 6.20 Å². The van der Waals surface area contributed by atoms with E-state index in [1.807, 2.05) is 19.2 Å². The van der Waals surface area contributed by atoms with Crippen LogP contribution >= 0.6 is 0 Å². The molecule has 3 rings (SSSR count). The highest BCUT2D eigenvalue weighted by molar-refractivity contribution is 5.69. The molecule has 0 amide bonds. The second kappa shape index (κ2) is 10.1. The van der Waals surface area contributed by atoms with E-state index in [4.69, 9.17) is 14.2 Å². The predicted molar refractivity (Wildman–Crippen MR) is 108 cm³/mol. The number of aromatic nitrogens is 1. The Morgan fingerprint density at radius 3 is 2.89 bits per heavy atom. The molecule has 2 aromatic rings. The van der Waals surface area contributed by atoms with Gasteiger partial charge in [-0.3, -0.25) is 9.78 Å². The number of pyridine rings is 1. The molecule has 1 saturated heterocycles. The fourth-order valence-electron chi connectivity index (χ4n) is 3.15. The van der Waals surface area contributed by atoms with E-state index in [-0.39, 0.29) is 12.1 Å². The summed E-state index contributed by atoms with van der Waals surface area (Å²) in [5.74, 6) is 0.573. The lowest BCUT2D eigenvalue weighted by Crippen LogP contribution is -2.42. The molecular formula is C22H28N2O4. The van der Waals surface area contributed by atoms with Crippen molar-refractivity contribution >= 4 is 11.7 Å². The van der Waals surface area contributed by atoms with Crippen LogP contribution in [0.3, 0.4) is 0 Å². The first-order valence-electron chi connectivity index (χ1n) is 9.79. The average Bonchev–Trinajstić information content (AvgIpc) is 2.72. The first kappa shape index (κ1) is 20.1. The van der Waals surface area contributed by atoms with Crippen LogP contribution in [0.2, 0.25) is 0 Å². The second-order valence-corrected chi connectivity index (χ2v) is 6.94. The maximum Gasteiger partial charge on any atom is 0.305 e. The summed E-state index contributed by atoms with van der Waals surface area (Å²) in [6.07, 6.45) is 4.62. The standard InChI is InChI=1S/C22H28N2O4/c1-3-26-22(25)9-8-20-15-24(10-11-27-20)19-12-21(14-23-13-19)28-16-18-6-4-17(2)5-7-18/h4-7,12-14,20H,3,8-11,15-16H2,1-2H3/t20-/m0/s1. The van der Waals surface area contributed by atoms with Crippen molar-refractivity contribution in [3.63, 3.8) is 0 Å². The Bertz CT molecular complexity index is 763. The van der Waals surface area contributed by atoms with Gasteiger partial charge in [0.1, 0.15) is 12.4 Å². The van der Waals surface area contributed by atoms with Gasteiger partial charge in [-0.1, -0.05) is 29.8 Å². The predicted octanol–water partition coefficient (Wildman–Crippen LogP) is 3.52. The zero-order valence-corrected chi connectivity index (χ0v) is 16.6. The number of benzene rings is 1. The number of morpholine rings is 1. The van der Waals surface area contributed by atoms with Gasteiger partial charge in [-0.05, 0) is 25.8 Å². The third-order valence-electron chi connectivity index (χ3n) is 4.70. The van der Waals surface area contributed by atoms with Gasteiger partial charge in [-0.2, -0.15) is 0 Å². The molecule has 28 heavy (non-hydrogen) atoms. The van der Waals surface area contributed by atoms with Crippen LogP contribution in [-0.4, -0.2) is 43.4 Å². The van der Waals surface area contributed by atoms with Crippen LogP contribution in [0.4, 0.5) is 5.69 Å². The number of esters is 1. The highest BCUT2D eigenvalue weighted by Crippen LogP contribution is 2.23. The molecule has 0 spiro atoms. The Morgan fingerprint density at radius 1 is 1.29 bits per heavy atom. The Kier molecular flexibility index (Phi) is 7.25.